The number of aryl methyl sites for hydroxylation is 1. The Hall–Kier alpha value is -4.14. The maximum atomic E-state index is 10.8. The van der Waals surface area contributed by atoms with E-state index in [1.54, 1.807) is 4.52 Å². The SMILES string of the molecule is CCCCc1cnn2c(Nc3cccc(OCC)c3)nc(Nc3cccc(NC=O)c3)nc12. The van der Waals surface area contributed by atoms with E-state index >= 15 is 0 Å². The van der Waals surface area contributed by atoms with Gasteiger partial charge in [0, 0.05) is 28.7 Å². The number of anilines is 5. The number of ether oxygens (including phenoxy) is 1. The van der Waals surface area contributed by atoms with Crippen molar-refractivity contribution in [3.8, 4) is 5.75 Å². The number of nitrogens with one attached hydrogen (secondary N) is 3. The van der Waals surface area contributed by atoms with Crippen molar-refractivity contribution < 1.29 is 9.53 Å². The summed E-state index contributed by atoms with van der Waals surface area (Å²) in [5.74, 6) is 1.73. The Labute approximate surface area is 192 Å². The standard InChI is InChI=1S/C24H27N7O2/c1-3-5-8-17-15-26-31-22(17)29-23(27-19-10-6-9-18(13-19)25-16-32)30-24(31)28-20-11-7-12-21(14-20)33-4-2/h6-7,9-16H,3-5,8H2,1-2H3,(H,25,32)(H2,27,28,29,30). The number of hydrogen-bond donors (Lipinski definition) is 3. The van der Waals surface area contributed by atoms with Gasteiger partial charge in [0.15, 0.2) is 5.65 Å². The van der Waals surface area contributed by atoms with Crippen LogP contribution in [-0.4, -0.2) is 32.6 Å². The minimum atomic E-state index is 0.424. The molecule has 0 atom stereocenters. The number of carbonyl (C=O) groups excluding carboxylic acids is 1. The van der Waals surface area contributed by atoms with Crippen LogP contribution >= 0.6 is 0 Å². The Balaban J connectivity index is 1.71. The molecule has 0 radical (unpaired) electrons. The van der Waals surface area contributed by atoms with Crippen molar-refractivity contribution >= 4 is 41.0 Å². The molecule has 0 aliphatic heterocycles. The minimum absolute atomic E-state index is 0.424. The Morgan fingerprint density at radius 3 is 2.58 bits per heavy atom. The fraction of sp³-hybridized carbons (Fsp3) is 0.250. The first kappa shape index (κ1) is 22.1. The number of aromatic nitrogens is 4. The molecule has 0 unspecified atom stereocenters. The third-order valence-corrected chi connectivity index (χ3v) is 4.99. The summed E-state index contributed by atoms with van der Waals surface area (Å²) < 4.78 is 7.33. The van der Waals surface area contributed by atoms with Crippen LogP contribution in [0.25, 0.3) is 5.65 Å². The predicted octanol–water partition coefficient (Wildman–Crippen LogP) is 4.92. The molecule has 0 spiro atoms. The van der Waals surface area contributed by atoms with Crippen LogP contribution in [0.2, 0.25) is 0 Å². The lowest BCUT2D eigenvalue weighted by Gasteiger charge is -2.12. The molecule has 2 aromatic heterocycles. The Morgan fingerprint density at radius 1 is 1.00 bits per heavy atom. The molecule has 0 saturated carbocycles. The van der Waals surface area contributed by atoms with Crippen LogP contribution in [0, 0.1) is 0 Å². The minimum Gasteiger partial charge on any atom is -0.494 e. The molecule has 4 aromatic rings. The van der Waals surface area contributed by atoms with Crippen LogP contribution in [0.15, 0.2) is 54.7 Å². The van der Waals surface area contributed by atoms with E-state index in [1.165, 1.54) is 0 Å². The summed E-state index contributed by atoms with van der Waals surface area (Å²) in [4.78, 5) is 20.2. The molecule has 1 amide bonds. The van der Waals surface area contributed by atoms with E-state index in [-0.39, 0.29) is 0 Å². The number of unbranched alkanes of at least 4 members (excludes halogenated alkanes) is 1. The quantitative estimate of drug-likeness (QED) is 0.281. The highest BCUT2D eigenvalue weighted by molar-refractivity contribution is 5.74. The van der Waals surface area contributed by atoms with E-state index < -0.39 is 0 Å². The van der Waals surface area contributed by atoms with Gasteiger partial charge in [0.25, 0.3) is 0 Å². The fourth-order valence-electron chi connectivity index (χ4n) is 3.45. The van der Waals surface area contributed by atoms with Crippen molar-refractivity contribution in [1.29, 1.82) is 0 Å². The summed E-state index contributed by atoms with van der Waals surface area (Å²) in [6.07, 6.45) is 5.51. The normalized spacial score (nSPS) is 10.7. The maximum absolute atomic E-state index is 10.8. The zero-order chi connectivity index (χ0) is 23.0. The number of carbonyl (C=O) groups is 1. The second kappa shape index (κ2) is 10.4. The van der Waals surface area contributed by atoms with Crippen LogP contribution in [0.3, 0.4) is 0 Å². The summed E-state index contributed by atoms with van der Waals surface area (Å²) >= 11 is 0. The van der Waals surface area contributed by atoms with Crippen molar-refractivity contribution in [3.05, 3.63) is 60.3 Å². The molecule has 0 bridgehead atoms. The van der Waals surface area contributed by atoms with E-state index in [0.717, 1.165) is 47.6 Å². The molecule has 0 aliphatic carbocycles. The average molecular weight is 446 g/mol. The molecule has 2 aromatic carbocycles. The monoisotopic (exact) mass is 445 g/mol. The molecular formula is C24H27N7O2. The van der Waals surface area contributed by atoms with Crippen molar-refractivity contribution in [3.63, 3.8) is 0 Å². The molecule has 3 N–H and O–H groups in total. The van der Waals surface area contributed by atoms with Gasteiger partial charge in [-0.2, -0.15) is 19.6 Å². The van der Waals surface area contributed by atoms with Crippen LogP contribution in [-0.2, 0) is 11.2 Å². The van der Waals surface area contributed by atoms with E-state index in [1.807, 2.05) is 61.7 Å². The van der Waals surface area contributed by atoms with E-state index in [0.29, 0.717) is 30.6 Å². The van der Waals surface area contributed by atoms with Crippen LogP contribution in [0.4, 0.5) is 29.0 Å². The van der Waals surface area contributed by atoms with E-state index in [2.05, 4.69) is 33.0 Å². The number of benzene rings is 2. The first-order chi connectivity index (χ1) is 16.2. The largest absolute Gasteiger partial charge is 0.494 e. The van der Waals surface area contributed by atoms with Crippen molar-refractivity contribution in [2.24, 2.45) is 0 Å². The Kier molecular flexibility index (Phi) is 6.99. The lowest BCUT2D eigenvalue weighted by atomic mass is 10.1. The van der Waals surface area contributed by atoms with Gasteiger partial charge in [-0.3, -0.25) is 4.79 Å². The van der Waals surface area contributed by atoms with Crippen LogP contribution < -0.4 is 20.7 Å². The molecule has 170 valence electrons. The summed E-state index contributed by atoms with van der Waals surface area (Å²) in [5, 5.41) is 13.8. The zero-order valence-corrected chi connectivity index (χ0v) is 18.7. The lowest BCUT2D eigenvalue weighted by molar-refractivity contribution is -0.105. The predicted molar refractivity (Wildman–Crippen MR) is 130 cm³/mol. The Bertz CT molecular complexity index is 1240. The summed E-state index contributed by atoms with van der Waals surface area (Å²) in [6, 6.07) is 15.0. The smallest absolute Gasteiger partial charge is 0.233 e. The molecular weight excluding hydrogens is 418 g/mol. The third-order valence-electron chi connectivity index (χ3n) is 4.99. The highest BCUT2D eigenvalue weighted by Gasteiger charge is 2.14. The van der Waals surface area contributed by atoms with Gasteiger partial charge in [0.2, 0.25) is 18.3 Å². The van der Waals surface area contributed by atoms with Gasteiger partial charge in [0.1, 0.15) is 5.75 Å². The fourth-order valence-corrected chi connectivity index (χ4v) is 3.45. The topological polar surface area (TPSA) is 105 Å². The number of hydrogen-bond acceptors (Lipinski definition) is 7. The molecule has 0 fully saturated rings. The van der Waals surface area contributed by atoms with Crippen LogP contribution in [0.1, 0.15) is 32.3 Å². The van der Waals surface area contributed by atoms with Crippen molar-refractivity contribution in [1.82, 2.24) is 19.6 Å². The first-order valence-corrected chi connectivity index (χ1v) is 11.0. The summed E-state index contributed by atoms with van der Waals surface area (Å²) in [6.45, 7) is 4.70. The molecule has 9 heteroatoms. The zero-order valence-electron chi connectivity index (χ0n) is 18.7. The molecule has 9 nitrogen and oxygen atoms in total. The summed E-state index contributed by atoms with van der Waals surface area (Å²) in [7, 11) is 0. The van der Waals surface area contributed by atoms with Gasteiger partial charge >= 0.3 is 0 Å². The second-order valence-electron chi connectivity index (χ2n) is 7.43. The number of rotatable bonds is 11. The third kappa shape index (κ3) is 5.38. The molecule has 33 heavy (non-hydrogen) atoms. The van der Waals surface area contributed by atoms with E-state index in [9.17, 15) is 4.79 Å². The van der Waals surface area contributed by atoms with Crippen molar-refractivity contribution in [2.75, 3.05) is 22.6 Å². The van der Waals surface area contributed by atoms with Gasteiger partial charge in [-0.1, -0.05) is 25.5 Å². The average Bonchev–Trinajstić information content (AvgIpc) is 3.22. The van der Waals surface area contributed by atoms with Gasteiger partial charge in [-0.05, 0) is 50.1 Å². The number of nitrogens with zero attached hydrogens (tertiary/aromatic N) is 4. The van der Waals surface area contributed by atoms with Gasteiger partial charge in [0.05, 0.1) is 12.8 Å². The highest BCUT2D eigenvalue weighted by Crippen LogP contribution is 2.25. The first-order valence-electron chi connectivity index (χ1n) is 11.0. The second-order valence-corrected chi connectivity index (χ2v) is 7.43. The van der Waals surface area contributed by atoms with Gasteiger partial charge < -0.3 is 20.7 Å². The van der Waals surface area contributed by atoms with Crippen molar-refractivity contribution in [2.45, 2.75) is 33.1 Å². The highest BCUT2D eigenvalue weighted by atomic mass is 16.5. The Morgan fingerprint density at radius 2 is 1.79 bits per heavy atom. The number of fused-ring (bicyclic) bond motifs is 1. The van der Waals surface area contributed by atoms with Gasteiger partial charge in [-0.15, -0.1) is 0 Å². The number of amides is 1. The van der Waals surface area contributed by atoms with E-state index in [4.69, 9.17) is 9.72 Å². The molecule has 2 heterocycles. The molecule has 0 saturated heterocycles. The van der Waals surface area contributed by atoms with Gasteiger partial charge in [-0.25, -0.2) is 0 Å². The lowest BCUT2D eigenvalue weighted by Crippen LogP contribution is -2.08. The van der Waals surface area contributed by atoms with Crippen LogP contribution in [0.5, 0.6) is 5.75 Å². The molecule has 0 aliphatic rings. The maximum Gasteiger partial charge on any atom is 0.233 e. The molecule has 4 rings (SSSR count). The summed E-state index contributed by atoms with van der Waals surface area (Å²) in [5.41, 5.74) is 4.06.